The molecule has 0 unspecified atom stereocenters. The van der Waals surface area contributed by atoms with Gasteiger partial charge in [-0.25, -0.2) is 9.59 Å². The molecule has 1 atom stereocenters. The lowest BCUT2D eigenvalue weighted by Crippen LogP contribution is -2.37. The zero-order valence-corrected chi connectivity index (χ0v) is 22.3. The van der Waals surface area contributed by atoms with E-state index >= 15 is 0 Å². The number of rotatable bonds is 8. The number of hydrogen-bond donors (Lipinski definition) is 2. The van der Waals surface area contributed by atoms with Crippen LogP contribution in [0, 0.1) is 5.92 Å². The van der Waals surface area contributed by atoms with E-state index in [9.17, 15) is 9.59 Å². The smallest absolute Gasteiger partial charge is 0.328 e. The van der Waals surface area contributed by atoms with Crippen molar-refractivity contribution in [3.63, 3.8) is 0 Å². The van der Waals surface area contributed by atoms with Crippen LogP contribution in [0.5, 0.6) is 11.5 Å². The normalized spacial score (nSPS) is 15.2. The molecule has 7 nitrogen and oxygen atoms in total. The molecule has 196 valence electrons. The molecule has 2 aromatic carbocycles. The molecule has 1 aliphatic carbocycles. The SMILES string of the molecule is COc1cc(NC(=O)N(CCC2CCCCC2)c2ccccc2)c(OC(=O)[C@H](C)N)c(C(C)(C)C)c1. The number of urea groups is 1. The Morgan fingerprint density at radius 3 is 2.36 bits per heavy atom. The minimum absolute atomic E-state index is 0.289. The standard InChI is InChI=1S/C29H41N3O4/c1-20(30)27(33)36-26-24(29(2,3)4)18-23(35-5)19-25(26)31-28(34)32(22-14-10-7-11-15-22)17-16-21-12-8-6-9-13-21/h7,10-11,14-15,18-21H,6,8-9,12-13,16-17,30H2,1-5H3,(H,31,34)/t20-/m0/s1. The number of carbonyl (C=O) groups is 2. The van der Waals surface area contributed by atoms with Crippen LogP contribution in [-0.4, -0.2) is 31.7 Å². The van der Waals surface area contributed by atoms with Gasteiger partial charge in [-0.3, -0.25) is 4.90 Å². The molecule has 36 heavy (non-hydrogen) atoms. The third-order valence-electron chi connectivity index (χ3n) is 6.72. The topological polar surface area (TPSA) is 93.9 Å². The molecule has 0 spiro atoms. The summed E-state index contributed by atoms with van der Waals surface area (Å²) >= 11 is 0. The van der Waals surface area contributed by atoms with E-state index in [2.05, 4.69) is 5.32 Å². The molecular weight excluding hydrogens is 454 g/mol. The molecule has 7 heteroatoms. The van der Waals surface area contributed by atoms with Gasteiger partial charge in [0, 0.05) is 23.9 Å². The van der Waals surface area contributed by atoms with E-state index in [0.29, 0.717) is 29.6 Å². The summed E-state index contributed by atoms with van der Waals surface area (Å²) in [7, 11) is 1.57. The van der Waals surface area contributed by atoms with Crippen LogP contribution in [0.3, 0.4) is 0 Å². The minimum Gasteiger partial charge on any atom is -0.497 e. The minimum atomic E-state index is -0.806. The van der Waals surface area contributed by atoms with Crippen molar-refractivity contribution in [3.05, 3.63) is 48.0 Å². The van der Waals surface area contributed by atoms with Crippen LogP contribution in [0.25, 0.3) is 0 Å². The van der Waals surface area contributed by atoms with Gasteiger partial charge in [-0.2, -0.15) is 0 Å². The maximum Gasteiger partial charge on any atom is 0.328 e. The predicted molar refractivity (Wildman–Crippen MR) is 145 cm³/mol. The number of para-hydroxylation sites is 1. The Balaban J connectivity index is 1.96. The zero-order valence-electron chi connectivity index (χ0n) is 22.3. The zero-order chi connectivity index (χ0) is 26.3. The molecule has 0 saturated heterocycles. The Bertz CT molecular complexity index is 1020. The summed E-state index contributed by atoms with van der Waals surface area (Å²) < 4.78 is 11.3. The van der Waals surface area contributed by atoms with Gasteiger partial charge in [-0.1, -0.05) is 71.1 Å². The number of nitrogens with zero attached hydrogens (tertiary/aromatic N) is 1. The van der Waals surface area contributed by atoms with E-state index in [1.165, 1.54) is 32.1 Å². The number of esters is 1. The third-order valence-corrected chi connectivity index (χ3v) is 6.72. The summed E-state index contributed by atoms with van der Waals surface area (Å²) in [6.45, 7) is 8.21. The average Bonchev–Trinajstić information content (AvgIpc) is 2.85. The molecule has 1 fully saturated rings. The van der Waals surface area contributed by atoms with Crippen LogP contribution in [0.15, 0.2) is 42.5 Å². The van der Waals surface area contributed by atoms with E-state index in [1.807, 2.05) is 57.2 Å². The second-order valence-electron chi connectivity index (χ2n) is 10.7. The second-order valence-corrected chi connectivity index (χ2v) is 10.7. The van der Waals surface area contributed by atoms with E-state index in [4.69, 9.17) is 15.2 Å². The Kier molecular flexibility index (Phi) is 9.37. The van der Waals surface area contributed by atoms with E-state index < -0.39 is 12.0 Å². The molecule has 0 bridgehead atoms. The molecule has 0 aliphatic heterocycles. The highest BCUT2D eigenvalue weighted by Crippen LogP contribution is 2.41. The number of ether oxygens (including phenoxy) is 2. The van der Waals surface area contributed by atoms with Gasteiger partial charge >= 0.3 is 12.0 Å². The maximum absolute atomic E-state index is 13.7. The first-order valence-electron chi connectivity index (χ1n) is 12.9. The number of benzene rings is 2. The number of nitrogens with one attached hydrogen (secondary N) is 1. The molecule has 0 radical (unpaired) electrons. The highest BCUT2D eigenvalue weighted by atomic mass is 16.5. The largest absolute Gasteiger partial charge is 0.497 e. The Morgan fingerprint density at radius 1 is 1.11 bits per heavy atom. The highest BCUT2D eigenvalue weighted by Gasteiger charge is 2.28. The fourth-order valence-electron chi connectivity index (χ4n) is 4.60. The number of hydrogen-bond acceptors (Lipinski definition) is 5. The van der Waals surface area contributed by atoms with Gasteiger partial charge in [-0.05, 0) is 42.9 Å². The van der Waals surface area contributed by atoms with Crippen molar-refractivity contribution >= 4 is 23.4 Å². The summed E-state index contributed by atoms with van der Waals surface area (Å²) in [4.78, 5) is 28.0. The number of amides is 2. The van der Waals surface area contributed by atoms with Gasteiger partial charge < -0.3 is 20.5 Å². The molecule has 2 aromatic rings. The Hall–Kier alpha value is -3.06. The van der Waals surface area contributed by atoms with Crippen LogP contribution in [-0.2, 0) is 10.2 Å². The first-order chi connectivity index (χ1) is 17.1. The van der Waals surface area contributed by atoms with Crippen LogP contribution >= 0.6 is 0 Å². The molecule has 0 aromatic heterocycles. The van der Waals surface area contributed by atoms with Gasteiger partial charge in [0.25, 0.3) is 0 Å². The van der Waals surface area contributed by atoms with Crippen molar-refractivity contribution in [1.29, 1.82) is 0 Å². The van der Waals surface area contributed by atoms with Gasteiger partial charge in [0.2, 0.25) is 0 Å². The lowest BCUT2D eigenvalue weighted by Gasteiger charge is -2.29. The number of anilines is 2. The molecule has 1 aliphatic rings. The summed E-state index contributed by atoms with van der Waals surface area (Å²) in [5, 5.41) is 3.02. The Morgan fingerprint density at radius 2 is 1.78 bits per heavy atom. The van der Waals surface area contributed by atoms with E-state index in [0.717, 1.165) is 17.7 Å². The van der Waals surface area contributed by atoms with Crippen molar-refractivity contribution in [2.75, 3.05) is 23.9 Å². The first-order valence-corrected chi connectivity index (χ1v) is 12.9. The maximum atomic E-state index is 13.7. The van der Waals surface area contributed by atoms with Crippen LogP contribution in [0.2, 0.25) is 0 Å². The number of methoxy groups -OCH3 is 1. The fourth-order valence-corrected chi connectivity index (χ4v) is 4.60. The molecule has 0 heterocycles. The molecule has 3 N–H and O–H groups in total. The summed E-state index contributed by atoms with van der Waals surface area (Å²) in [6.07, 6.45) is 7.19. The molecule has 2 amide bonds. The fraction of sp³-hybridized carbons (Fsp3) is 0.517. The van der Waals surface area contributed by atoms with E-state index in [-0.39, 0.29) is 11.4 Å². The lowest BCUT2D eigenvalue weighted by molar-refractivity contribution is -0.135. The van der Waals surface area contributed by atoms with Gasteiger partial charge in [0.05, 0.1) is 12.8 Å². The second kappa shape index (κ2) is 12.3. The van der Waals surface area contributed by atoms with Crippen molar-refractivity contribution in [2.45, 2.75) is 77.7 Å². The van der Waals surface area contributed by atoms with Crippen molar-refractivity contribution < 1.29 is 19.1 Å². The van der Waals surface area contributed by atoms with Gasteiger partial charge in [0.1, 0.15) is 11.8 Å². The van der Waals surface area contributed by atoms with Crippen molar-refractivity contribution in [1.82, 2.24) is 0 Å². The van der Waals surface area contributed by atoms with Crippen molar-refractivity contribution in [2.24, 2.45) is 11.7 Å². The number of carbonyl (C=O) groups excluding carboxylic acids is 2. The molecule has 3 rings (SSSR count). The summed E-state index contributed by atoms with van der Waals surface area (Å²) in [6, 6.07) is 12.1. The van der Waals surface area contributed by atoms with Crippen LogP contribution in [0.4, 0.5) is 16.2 Å². The monoisotopic (exact) mass is 495 g/mol. The predicted octanol–water partition coefficient (Wildman–Crippen LogP) is 6.25. The summed E-state index contributed by atoms with van der Waals surface area (Å²) in [5.41, 5.74) is 7.33. The lowest BCUT2D eigenvalue weighted by atomic mass is 9.85. The first kappa shape index (κ1) is 27.5. The molecular formula is C29H41N3O4. The quantitative estimate of drug-likeness (QED) is 0.333. The van der Waals surface area contributed by atoms with E-state index in [1.54, 1.807) is 25.0 Å². The third kappa shape index (κ3) is 7.23. The van der Waals surface area contributed by atoms with Crippen LogP contribution in [0.1, 0.15) is 71.8 Å². The average molecular weight is 496 g/mol. The number of nitrogens with two attached hydrogens (primary N) is 1. The Labute approximate surface area is 215 Å². The van der Waals surface area contributed by atoms with Crippen molar-refractivity contribution in [3.8, 4) is 11.5 Å². The molecule has 1 saturated carbocycles. The van der Waals surface area contributed by atoms with Crippen LogP contribution < -0.4 is 25.4 Å². The highest BCUT2D eigenvalue weighted by molar-refractivity contribution is 6.03. The van der Waals surface area contributed by atoms with Gasteiger partial charge in [-0.15, -0.1) is 0 Å². The summed E-state index contributed by atoms with van der Waals surface area (Å²) in [5.74, 6) is 0.909. The van der Waals surface area contributed by atoms with Gasteiger partial charge in [0.15, 0.2) is 5.75 Å².